The maximum Gasteiger partial charge on any atom is 0.328 e. The number of carbonyl (C=O) groups is 1. The highest BCUT2D eigenvalue weighted by Gasteiger charge is 2.06. The van der Waals surface area contributed by atoms with Crippen molar-refractivity contribution in [3.63, 3.8) is 0 Å². The zero-order valence-corrected chi connectivity index (χ0v) is 10.1. The molecule has 0 aliphatic heterocycles. The zero-order valence-electron chi connectivity index (χ0n) is 10.1. The molecule has 0 aliphatic rings. The van der Waals surface area contributed by atoms with Crippen LogP contribution in [0.4, 0.5) is 5.82 Å². The van der Waals surface area contributed by atoms with Crippen LogP contribution in [0, 0.1) is 0 Å². The molecule has 1 aromatic rings. The Balaban J connectivity index is 2.98. The highest BCUT2D eigenvalue weighted by Crippen LogP contribution is 2.17. The van der Waals surface area contributed by atoms with Crippen LogP contribution < -0.4 is 4.90 Å². The van der Waals surface area contributed by atoms with Gasteiger partial charge in [-0.2, -0.15) is 0 Å². The lowest BCUT2D eigenvalue weighted by Gasteiger charge is -2.19. The quantitative estimate of drug-likeness (QED) is 0.624. The minimum Gasteiger partial charge on any atom is -0.478 e. The topological polar surface area (TPSA) is 53.4 Å². The van der Waals surface area contributed by atoms with E-state index in [1.54, 1.807) is 18.3 Å². The summed E-state index contributed by atoms with van der Waals surface area (Å²) in [7, 11) is 1.90. The maximum absolute atomic E-state index is 10.5. The molecule has 1 N–H and O–H groups in total. The van der Waals surface area contributed by atoms with Crippen molar-refractivity contribution in [2.24, 2.45) is 0 Å². The van der Waals surface area contributed by atoms with Crippen molar-refractivity contribution < 1.29 is 9.90 Å². The van der Waals surface area contributed by atoms with E-state index in [1.165, 1.54) is 0 Å². The molecular formula is C13H16N2O2. The van der Waals surface area contributed by atoms with Gasteiger partial charge in [-0.25, -0.2) is 9.78 Å². The molecule has 0 atom stereocenters. The Bertz CT molecular complexity index is 452. The lowest BCUT2D eigenvalue weighted by Crippen LogP contribution is -2.21. The third-order valence-corrected chi connectivity index (χ3v) is 2.09. The van der Waals surface area contributed by atoms with E-state index in [0.29, 0.717) is 6.54 Å². The van der Waals surface area contributed by atoms with Crippen LogP contribution in [-0.4, -0.2) is 29.7 Å². The van der Waals surface area contributed by atoms with Crippen molar-refractivity contribution in [3.8, 4) is 0 Å². The van der Waals surface area contributed by atoms with Crippen molar-refractivity contribution in [3.05, 3.63) is 42.1 Å². The third-order valence-electron chi connectivity index (χ3n) is 2.09. The predicted molar refractivity (Wildman–Crippen MR) is 69.0 cm³/mol. The summed E-state index contributed by atoms with van der Waals surface area (Å²) >= 11 is 0. The fraction of sp³-hybridized carbons (Fsp3) is 0.231. The summed E-state index contributed by atoms with van der Waals surface area (Å²) in [5.74, 6) is -0.227. The first-order valence-corrected chi connectivity index (χ1v) is 5.22. The first-order valence-electron chi connectivity index (χ1n) is 5.22. The molecular weight excluding hydrogens is 216 g/mol. The largest absolute Gasteiger partial charge is 0.478 e. The number of aliphatic carboxylic acids is 1. The number of anilines is 1. The number of carboxylic acid groups (broad SMARTS) is 1. The monoisotopic (exact) mass is 232 g/mol. The van der Waals surface area contributed by atoms with E-state index in [0.717, 1.165) is 23.0 Å². The van der Waals surface area contributed by atoms with Crippen molar-refractivity contribution >= 4 is 17.9 Å². The number of pyridine rings is 1. The standard InChI is InChI=1S/C13H16N2O2/c1-10(2)9-15(3)13-11(5-4-8-14-13)6-7-12(16)17/h4-8H,1,9H2,2-3H3,(H,16,17)/b7-6+. The Kier molecular flexibility index (Phi) is 4.46. The molecule has 0 amide bonds. The van der Waals surface area contributed by atoms with Gasteiger partial charge >= 0.3 is 5.97 Å². The van der Waals surface area contributed by atoms with Gasteiger partial charge in [-0.05, 0) is 25.1 Å². The van der Waals surface area contributed by atoms with E-state index in [2.05, 4.69) is 11.6 Å². The van der Waals surface area contributed by atoms with Gasteiger partial charge in [-0.1, -0.05) is 12.2 Å². The molecule has 0 saturated heterocycles. The number of carboxylic acids is 1. The molecule has 17 heavy (non-hydrogen) atoms. The molecule has 1 aromatic heterocycles. The molecule has 0 unspecified atom stereocenters. The molecule has 0 saturated carbocycles. The SMILES string of the molecule is C=C(C)CN(C)c1ncccc1/C=C/C(=O)O. The van der Waals surface area contributed by atoms with E-state index in [-0.39, 0.29) is 0 Å². The number of nitrogens with zero attached hydrogens (tertiary/aromatic N) is 2. The molecule has 0 radical (unpaired) electrons. The number of aromatic nitrogens is 1. The lowest BCUT2D eigenvalue weighted by atomic mass is 10.2. The summed E-state index contributed by atoms with van der Waals surface area (Å²) in [6, 6.07) is 3.61. The first-order chi connectivity index (χ1) is 8.00. The molecule has 1 heterocycles. The van der Waals surface area contributed by atoms with Gasteiger partial charge in [0.05, 0.1) is 0 Å². The molecule has 1 rings (SSSR count). The molecule has 0 aliphatic carbocycles. The molecule has 0 bridgehead atoms. The zero-order chi connectivity index (χ0) is 12.8. The van der Waals surface area contributed by atoms with Crippen LogP contribution in [0.15, 0.2) is 36.6 Å². The van der Waals surface area contributed by atoms with Crippen molar-refractivity contribution in [1.82, 2.24) is 4.98 Å². The normalized spacial score (nSPS) is 10.5. The summed E-state index contributed by atoms with van der Waals surface area (Å²) in [5.41, 5.74) is 1.80. The van der Waals surface area contributed by atoms with Gasteiger partial charge in [0, 0.05) is 31.4 Å². The van der Waals surface area contributed by atoms with Gasteiger partial charge in [0.1, 0.15) is 5.82 Å². The van der Waals surface area contributed by atoms with E-state index >= 15 is 0 Å². The number of hydrogen-bond donors (Lipinski definition) is 1. The van der Waals surface area contributed by atoms with Gasteiger partial charge in [0.2, 0.25) is 0 Å². The Hall–Kier alpha value is -2.10. The second-order valence-corrected chi connectivity index (χ2v) is 3.90. The number of rotatable bonds is 5. The Labute approximate surface area is 101 Å². The van der Waals surface area contributed by atoms with Crippen LogP contribution >= 0.6 is 0 Å². The molecule has 4 nitrogen and oxygen atoms in total. The highest BCUT2D eigenvalue weighted by molar-refractivity contribution is 5.86. The second kappa shape index (κ2) is 5.84. The second-order valence-electron chi connectivity index (χ2n) is 3.90. The van der Waals surface area contributed by atoms with Gasteiger partial charge in [-0.3, -0.25) is 0 Å². The molecule has 4 heteroatoms. The van der Waals surface area contributed by atoms with E-state index < -0.39 is 5.97 Å². The van der Waals surface area contributed by atoms with Crippen LogP contribution in [-0.2, 0) is 4.79 Å². The van der Waals surface area contributed by atoms with Gasteiger partial charge in [0.15, 0.2) is 0 Å². The Morgan fingerprint density at radius 2 is 2.35 bits per heavy atom. The minimum atomic E-state index is -0.970. The summed E-state index contributed by atoms with van der Waals surface area (Å²) in [6.45, 7) is 6.47. The van der Waals surface area contributed by atoms with Gasteiger partial charge in [-0.15, -0.1) is 0 Å². The lowest BCUT2D eigenvalue weighted by molar-refractivity contribution is -0.131. The van der Waals surface area contributed by atoms with E-state index in [9.17, 15) is 4.79 Å². The molecule has 90 valence electrons. The van der Waals surface area contributed by atoms with Crippen LogP contribution in [0.3, 0.4) is 0 Å². The summed E-state index contributed by atoms with van der Waals surface area (Å²) < 4.78 is 0. The van der Waals surface area contributed by atoms with Crippen molar-refractivity contribution in [2.45, 2.75) is 6.92 Å². The fourth-order valence-electron chi connectivity index (χ4n) is 1.50. The van der Waals surface area contributed by atoms with Crippen LogP contribution in [0.2, 0.25) is 0 Å². The molecule has 0 spiro atoms. The molecule has 0 fully saturated rings. The van der Waals surface area contributed by atoms with E-state index in [4.69, 9.17) is 5.11 Å². The number of hydrogen-bond acceptors (Lipinski definition) is 3. The van der Waals surface area contributed by atoms with Crippen LogP contribution in [0.5, 0.6) is 0 Å². The van der Waals surface area contributed by atoms with Gasteiger partial charge in [0.25, 0.3) is 0 Å². The van der Waals surface area contributed by atoms with Crippen LogP contribution in [0.25, 0.3) is 6.08 Å². The minimum absolute atomic E-state index is 0.685. The smallest absolute Gasteiger partial charge is 0.328 e. The summed E-state index contributed by atoms with van der Waals surface area (Å²) in [6.07, 6.45) is 4.33. The Morgan fingerprint density at radius 3 is 2.94 bits per heavy atom. The van der Waals surface area contributed by atoms with E-state index in [1.807, 2.05) is 24.9 Å². The van der Waals surface area contributed by atoms with Crippen molar-refractivity contribution in [1.29, 1.82) is 0 Å². The van der Waals surface area contributed by atoms with Crippen molar-refractivity contribution in [2.75, 3.05) is 18.5 Å². The Morgan fingerprint density at radius 1 is 1.65 bits per heavy atom. The third kappa shape index (κ3) is 4.10. The first kappa shape index (κ1) is 13.0. The van der Waals surface area contributed by atoms with Gasteiger partial charge < -0.3 is 10.0 Å². The molecule has 0 aromatic carbocycles. The average Bonchev–Trinajstić information content (AvgIpc) is 2.25. The summed E-state index contributed by atoms with van der Waals surface area (Å²) in [4.78, 5) is 16.7. The maximum atomic E-state index is 10.5. The fourth-order valence-corrected chi connectivity index (χ4v) is 1.50. The van der Waals surface area contributed by atoms with Crippen LogP contribution in [0.1, 0.15) is 12.5 Å². The predicted octanol–water partition coefficient (Wildman–Crippen LogP) is 2.19. The average molecular weight is 232 g/mol. The number of likely N-dealkylation sites (N-methyl/N-ethyl adjacent to an activating group) is 1. The highest BCUT2D eigenvalue weighted by atomic mass is 16.4. The summed E-state index contributed by atoms with van der Waals surface area (Å²) in [5, 5.41) is 8.61.